The highest BCUT2D eigenvalue weighted by atomic mass is 35.5. The Kier molecular flexibility index (Phi) is 1.36. The lowest BCUT2D eigenvalue weighted by molar-refractivity contribution is 1.34. The standard InChI is InChI=1S/C8H7ClN2/c1-5-3-2-4-6-7(5)11-8(9)10-6/h2-4H,1H3,(H,10,11). The summed E-state index contributed by atoms with van der Waals surface area (Å²) in [6, 6.07) is 5.95. The summed E-state index contributed by atoms with van der Waals surface area (Å²) in [6.07, 6.45) is 0. The average Bonchev–Trinajstić information content (AvgIpc) is 2.31. The van der Waals surface area contributed by atoms with Crippen LogP contribution in [0.1, 0.15) is 5.56 Å². The number of H-pyrrole nitrogens is 1. The van der Waals surface area contributed by atoms with Crippen molar-refractivity contribution in [3.63, 3.8) is 0 Å². The predicted molar refractivity (Wildman–Crippen MR) is 45.8 cm³/mol. The number of nitrogens with zero attached hydrogens (tertiary/aromatic N) is 1. The topological polar surface area (TPSA) is 28.7 Å². The summed E-state index contributed by atoms with van der Waals surface area (Å²) >= 11 is 5.69. The minimum atomic E-state index is 0.453. The van der Waals surface area contributed by atoms with Gasteiger partial charge in [0.25, 0.3) is 0 Å². The van der Waals surface area contributed by atoms with Crippen LogP contribution in [0.25, 0.3) is 11.0 Å². The summed E-state index contributed by atoms with van der Waals surface area (Å²) in [7, 11) is 0. The summed E-state index contributed by atoms with van der Waals surface area (Å²) in [5, 5.41) is 0.453. The van der Waals surface area contributed by atoms with Crippen LogP contribution >= 0.6 is 11.6 Å². The lowest BCUT2D eigenvalue weighted by atomic mass is 10.2. The van der Waals surface area contributed by atoms with E-state index in [1.165, 1.54) is 0 Å². The van der Waals surface area contributed by atoms with E-state index in [4.69, 9.17) is 11.6 Å². The molecule has 0 radical (unpaired) electrons. The van der Waals surface area contributed by atoms with Gasteiger partial charge in [0.15, 0.2) is 0 Å². The largest absolute Gasteiger partial charge is 0.329 e. The molecule has 0 saturated heterocycles. The SMILES string of the molecule is Cc1cccc2[nH]c(Cl)nc12. The molecule has 3 heteroatoms. The summed E-state index contributed by atoms with van der Waals surface area (Å²) in [4.78, 5) is 7.08. The van der Waals surface area contributed by atoms with Crippen molar-refractivity contribution in [1.82, 2.24) is 9.97 Å². The molecule has 0 atom stereocenters. The fraction of sp³-hybridized carbons (Fsp3) is 0.125. The van der Waals surface area contributed by atoms with Crippen LogP contribution in [0.5, 0.6) is 0 Å². The van der Waals surface area contributed by atoms with Gasteiger partial charge in [-0.25, -0.2) is 4.98 Å². The third kappa shape index (κ3) is 0.994. The maximum atomic E-state index is 5.69. The van der Waals surface area contributed by atoms with E-state index in [9.17, 15) is 0 Å². The van der Waals surface area contributed by atoms with Crippen LogP contribution in [0.4, 0.5) is 0 Å². The molecule has 1 heterocycles. The van der Waals surface area contributed by atoms with Crippen molar-refractivity contribution in [3.05, 3.63) is 29.0 Å². The molecule has 0 aliphatic heterocycles. The van der Waals surface area contributed by atoms with Crippen LogP contribution in [0.15, 0.2) is 18.2 Å². The van der Waals surface area contributed by atoms with Gasteiger partial charge in [-0.3, -0.25) is 0 Å². The lowest BCUT2D eigenvalue weighted by Gasteiger charge is -1.90. The van der Waals surface area contributed by atoms with Crippen molar-refractivity contribution in [2.75, 3.05) is 0 Å². The fourth-order valence-electron chi connectivity index (χ4n) is 1.15. The van der Waals surface area contributed by atoms with Crippen molar-refractivity contribution < 1.29 is 0 Å². The molecule has 0 aliphatic rings. The maximum Gasteiger partial charge on any atom is 0.201 e. The quantitative estimate of drug-likeness (QED) is 0.640. The third-order valence-corrected chi connectivity index (χ3v) is 1.86. The Morgan fingerprint density at radius 2 is 2.27 bits per heavy atom. The van der Waals surface area contributed by atoms with Crippen molar-refractivity contribution in [2.45, 2.75) is 6.92 Å². The molecule has 56 valence electrons. The Morgan fingerprint density at radius 3 is 3.00 bits per heavy atom. The molecule has 0 fully saturated rings. The lowest BCUT2D eigenvalue weighted by Crippen LogP contribution is -1.73. The number of nitrogens with one attached hydrogen (secondary N) is 1. The average molecular weight is 167 g/mol. The Bertz CT molecular complexity index is 392. The molecule has 1 aromatic carbocycles. The zero-order valence-electron chi connectivity index (χ0n) is 6.06. The number of aromatic amines is 1. The molecule has 11 heavy (non-hydrogen) atoms. The second-order valence-electron chi connectivity index (χ2n) is 2.50. The van der Waals surface area contributed by atoms with Crippen molar-refractivity contribution in [1.29, 1.82) is 0 Å². The molecular formula is C8H7ClN2. The van der Waals surface area contributed by atoms with Gasteiger partial charge in [-0.05, 0) is 30.2 Å². The first kappa shape index (κ1) is 6.68. The summed E-state index contributed by atoms with van der Waals surface area (Å²) < 4.78 is 0. The number of benzene rings is 1. The summed E-state index contributed by atoms with van der Waals surface area (Å²) in [6.45, 7) is 2.01. The number of para-hydroxylation sites is 1. The molecule has 2 nitrogen and oxygen atoms in total. The van der Waals surface area contributed by atoms with Gasteiger partial charge in [0.05, 0.1) is 11.0 Å². The highest BCUT2D eigenvalue weighted by Crippen LogP contribution is 2.17. The van der Waals surface area contributed by atoms with Gasteiger partial charge in [0.1, 0.15) is 0 Å². The predicted octanol–water partition coefficient (Wildman–Crippen LogP) is 2.52. The number of aryl methyl sites for hydroxylation is 1. The molecule has 0 amide bonds. The molecule has 2 aromatic rings. The number of hydrogen-bond donors (Lipinski definition) is 1. The molecule has 0 unspecified atom stereocenters. The normalized spacial score (nSPS) is 10.7. The van der Waals surface area contributed by atoms with Gasteiger partial charge >= 0.3 is 0 Å². The second kappa shape index (κ2) is 2.24. The van der Waals surface area contributed by atoms with Gasteiger partial charge in [-0.2, -0.15) is 0 Å². The minimum absolute atomic E-state index is 0.453. The summed E-state index contributed by atoms with van der Waals surface area (Å²) in [5.41, 5.74) is 3.10. The Balaban J connectivity index is 2.90. The molecule has 1 N–H and O–H groups in total. The number of halogens is 1. The van der Waals surface area contributed by atoms with E-state index in [1.807, 2.05) is 25.1 Å². The van der Waals surface area contributed by atoms with Gasteiger partial charge in [0.2, 0.25) is 5.28 Å². The fourth-order valence-corrected chi connectivity index (χ4v) is 1.33. The monoisotopic (exact) mass is 166 g/mol. The van der Waals surface area contributed by atoms with E-state index in [-0.39, 0.29) is 0 Å². The van der Waals surface area contributed by atoms with Gasteiger partial charge in [-0.15, -0.1) is 0 Å². The van der Waals surface area contributed by atoms with Crippen LogP contribution in [-0.2, 0) is 0 Å². The molecule has 1 aromatic heterocycles. The van der Waals surface area contributed by atoms with Crippen LogP contribution in [-0.4, -0.2) is 9.97 Å². The smallest absolute Gasteiger partial charge is 0.201 e. The third-order valence-electron chi connectivity index (χ3n) is 1.69. The van der Waals surface area contributed by atoms with Gasteiger partial charge in [-0.1, -0.05) is 12.1 Å². The van der Waals surface area contributed by atoms with E-state index in [0.717, 1.165) is 16.6 Å². The molecule has 0 aliphatic carbocycles. The minimum Gasteiger partial charge on any atom is -0.329 e. The van der Waals surface area contributed by atoms with Crippen LogP contribution in [0.3, 0.4) is 0 Å². The first-order valence-electron chi connectivity index (χ1n) is 3.38. The van der Waals surface area contributed by atoms with Crippen molar-refractivity contribution in [3.8, 4) is 0 Å². The molecule has 0 bridgehead atoms. The van der Waals surface area contributed by atoms with E-state index in [2.05, 4.69) is 9.97 Å². The molecule has 0 spiro atoms. The highest BCUT2D eigenvalue weighted by molar-refractivity contribution is 6.29. The van der Waals surface area contributed by atoms with Crippen LogP contribution < -0.4 is 0 Å². The number of fused-ring (bicyclic) bond motifs is 1. The zero-order valence-corrected chi connectivity index (χ0v) is 6.81. The second-order valence-corrected chi connectivity index (χ2v) is 2.86. The zero-order chi connectivity index (χ0) is 7.84. The van der Waals surface area contributed by atoms with E-state index < -0.39 is 0 Å². The maximum absolute atomic E-state index is 5.69. The Labute approximate surface area is 69.2 Å². The van der Waals surface area contributed by atoms with Crippen LogP contribution in [0.2, 0.25) is 5.28 Å². The summed E-state index contributed by atoms with van der Waals surface area (Å²) in [5.74, 6) is 0. The number of aromatic nitrogens is 2. The number of rotatable bonds is 0. The first-order chi connectivity index (χ1) is 5.27. The van der Waals surface area contributed by atoms with E-state index in [0.29, 0.717) is 5.28 Å². The van der Waals surface area contributed by atoms with Crippen molar-refractivity contribution in [2.24, 2.45) is 0 Å². The number of imidazole rings is 1. The highest BCUT2D eigenvalue weighted by Gasteiger charge is 2.00. The van der Waals surface area contributed by atoms with Gasteiger partial charge < -0.3 is 4.98 Å². The number of hydrogen-bond acceptors (Lipinski definition) is 1. The van der Waals surface area contributed by atoms with E-state index >= 15 is 0 Å². The Morgan fingerprint density at radius 1 is 1.45 bits per heavy atom. The Hall–Kier alpha value is -1.02. The van der Waals surface area contributed by atoms with E-state index in [1.54, 1.807) is 0 Å². The first-order valence-corrected chi connectivity index (χ1v) is 3.76. The van der Waals surface area contributed by atoms with Crippen molar-refractivity contribution >= 4 is 22.6 Å². The molecule has 2 rings (SSSR count). The molecular weight excluding hydrogens is 160 g/mol. The van der Waals surface area contributed by atoms with Gasteiger partial charge in [0, 0.05) is 0 Å². The molecule has 0 saturated carbocycles. The van der Waals surface area contributed by atoms with Crippen LogP contribution in [0, 0.1) is 6.92 Å².